The molecule has 1 saturated heterocycles. The average Bonchev–Trinajstić information content (AvgIpc) is 4.03. The molecule has 3 heterocycles. The molecule has 2 aromatic heterocycles. The quantitative estimate of drug-likeness (QED) is 0.0420. The summed E-state index contributed by atoms with van der Waals surface area (Å²) in [6, 6.07) is 7.12. The number of rotatable bonds is 16. The molecule has 72 heavy (non-hydrogen) atoms. The zero-order valence-electron chi connectivity index (χ0n) is 40.6. The monoisotopic (exact) mass is 1060 g/mol. The number of halogens is 1. The van der Waals surface area contributed by atoms with Crippen LogP contribution in [-0.2, 0) is 57.6 Å². The summed E-state index contributed by atoms with van der Waals surface area (Å²) in [7, 11) is 0. The van der Waals surface area contributed by atoms with Gasteiger partial charge in [0, 0.05) is 85.7 Å². The Kier molecular flexibility index (Phi) is 22.0. The van der Waals surface area contributed by atoms with Gasteiger partial charge in [0.05, 0.1) is 6.33 Å². The van der Waals surface area contributed by atoms with Gasteiger partial charge in [-0.3, -0.25) is 43.3 Å². The molecule has 1 aliphatic rings. The average molecular weight is 1060 g/mol. The summed E-state index contributed by atoms with van der Waals surface area (Å²) in [6.07, 6.45) is 6.84. The molecule has 0 saturated carbocycles. The maximum Gasteiger partial charge on any atom is 0.243 e. The van der Waals surface area contributed by atoms with Crippen LogP contribution < -0.4 is 54.0 Å². The van der Waals surface area contributed by atoms with E-state index in [1.807, 2.05) is 31.2 Å². The van der Waals surface area contributed by atoms with E-state index in [0.717, 1.165) is 22.9 Å². The van der Waals surface area contributed by atoms with Gasteiger partial charge >= 0.3 is 0 Å². The Morgan fingerprint density at radius 2 is 1.42 bits per heavy atom. The van der Waals surface area contributed by atoms with Crippen LogP contribution in [0.2, 0.25) is 0 Å². The van der Waals surface area contributed by atoms with Crippen LogP contribution in [0, 0.1) is 0 Å². The number of nitrogens with two attached hydrogens (primary N) is 2. The lowest BCUT2D eigenvalue weighted by atomic mass is 10.0. The van der Waals surface area contributed by atoms with Crippen LogP contribution in [0.4, 0.5) is 0 Å². The zero-order chi connectivity index (χ0) is 52.0. The normalized spacial score (nSPS) is 20.6. The molecule has 23 heteroatoms. The van der Waals surface area contributed by atoms with E-state index < -0.39 is 83.5 Å². The number of unbranched alkanes of at least 4 members (excludes halogenated alkanes) is 1. The standard InChI is InChI=1S/C49H67BrN14O8/c1-3-4-15-36(59-29(2)65)44(68)61-38-18-19-42(66)54-20-9-10-21-55-43(67)39(24-31-26-57-35-16-8-6-13-33(31)35)62-45(69)37(17-11-22-56-49(51)52)60-47(71)40(23-30-12-5-7-14-34(30)50)63-48(72)41(64-46(38)70)25-32-27-53-28-58-32/h5-8,12-14,16,26-28,36-41,57H,3-4,9-11,15,17-25H2,1-2H3,(H,53,58)(H,54,66)(H,55,67)(H,59,65)(H,60,71)(H,61,68)(H,62,69)(H,63,72)(H,64,70)(H4,51,52,56)/t36-,37-,38-,39-,40+,41-/m0/s1. The number of amides is 8. The van der Waals surface area contributed by atoms with E-state index in [4.69, 9.17) is 11.5 Å². The number of nitrogens with zero attached hydrogens (tertiary/aromatic N) is 2. The van der Waals surface area contributed by atoms with Crippen LogP contribution >= 0.6 is 15.9 Å². The second-order valence-corrected chi connectivity index (χ2v) is 18.5. The Morgan fingerprint density at radius 3 is 2.11 bits per heavy atom. The molecule has 2 aromatic carbocycles. The fourth-order valence-electron chi connectivity index (χ4n) is 8.15. The highest BCUT2D eigenvalue weighted by atomic mass is 79.9. The van der Waals surface area contributed by atoms with Crippen LogP contribution in [-0.4, -0.2) is 124 Å². The number of benzene rings is 2. The number of nitrogens with one attached hydrogen (secondary N) is 10. The predicted octanol–water partition coefficient (Wildman–Crippen LogP) is 0.660. The number of hydrogen-bond acceptors (Lipinski definition) is 10. The van der Waals surface area contributed by atoms with Crippen molar-refractivity contribution in [2.45, 2.75) is 127 Å². The number of imidazole rings is 1. The Hall–Kier alpha value is -7.30. The molecule has 0 bridgehead atoms. The molecule has 0 unspecified atom stereocenters. The molecule has 388 valence electrons. The lowest BCUT2D eigenvalue weighted by Gasteiger charge is -2.28. The van der Waals surface area contributed by atoms with E-state index in [2.05, 4.69) is 78.4 Å². The van der Waals surface area contributed by atoms with Crippen molar-refractivity contribution in [2.75, 3.05) is 19.6 Å². The molecule has 8 amide bonds. The van der Waals surface area contributed by atoms with E-state index in [1.165, 1.54) is 19.4 Å². The molecule has 14 N–H and O–H groups in total. The van der Waals surface area contributed by atoms with Gasteiger partial charge in [-0.1, -0.05) is 72.1 Å². The molecular weight excluding hydrogens is 993 g/mol. The summed E-state index contributed by atoms with van der Waals surface area (Å²) in [5.41, 5.74) is 13.8. The van der Waals surface area contributed by atoms with Gasteiger partial charge in [0.15, 0.2) is 5.96 Å². The largest absolute Gasteiger partial charge is 0.370 e. The smallest absolute Gasteiger partial charge is 0.243 e. The van der Waals surface area contributed by atoms with Crippen molar-refractivity contribution in [1.82, 2.24) is 57.5 Å². The first-order valence-corrected chi connectivity index (χ1v) is 25.0. The van der Waals surface area contributed by atoms with Crippen molar-refractivity contribution >= 4 is 80.0 Å². The second kappa shape index (κ2) is 28.5. The van der Waals surface area contributed by atoms with Gasteiger partial charge in [0.25, 0.3) is 0 Å². The molecule has 22 nitrogen and oxygen atoms in total. The van der Waals surface area contributed by atoms with E-state index in [0.29, 0.717) is 35.0 Å². The van der Waals surface area contributed by atoms with Gasteiger partial charge in [-0.2, -0.15) is 0 Å². The minimum Gasteiger partial charge on any atom is -0.370 e. The Morgan fingerprint density at radius 1 is 0.778 bits per heavy atom. The van der Waals surface area contributed by atoms with Crippen molar-refractivity contribution in [3.05, 3.63) is 88.5 Å². The summed E-state index contributed by atoms with van der Waals surface area (Å²) >= 11 is 3.54. The maximum absolute atomic E-state index is 14.7. The van der Waals surface area contributed by atoms with Crippen molar-refractivity contribution in [3.63, 3.8) is 0 Å². The number of hydrogen-bond donors (Lipinski definition) is 12. The molecule has 5 rings (SSSR count). The van der Waals surface area contributed by atoms with Crippen LogP contribution in [0.3, 0.4) is 0 Å². The van der Waals surface area contributed by atoms with Gasteiger partial charge in [-0.05, 0) is 61.8 Å². The van der Waals surface area contributed by atoms with Gasteiger partial charge in [-0.25, -0.2) is 4.98 Å². The molecule has 0 spiro atoms. The third kappa shape index (κ3) is 17.8. The first-order valence-electron chi connectivity index (χ1n) is 24.3. The topological polar surface area (TPSA) is 342 Å². The van der Waals surface area contributed by atoms with Crippen LogP contribution in [0.15, 0.2) is 76.7 Å². The van der Waals surface area contributed by atoms with E-state index in [-0.39, 0.29) is 77.0 Å². The molecule has 0 radical (unpaired) electrons. The minimum absolute atomic E-state index is 0.0179. The summed E-state index contributed by atoms with van der Waals surface area (Å²) in [6.45, 7) is 3.74. The fourth-order valence-corrected chi connectivity index (χ4v) is 8.60. The Labute approximate surface area is 426 Å². The van der Waals surface area contributed by atoms with Gasteiger partial charge in [0.2, 0.25) is 47.3 Å². The van der Waals surface area contributed by atoms with Crippen molar-refractivity contribution in [2.24, 2.45) is 16.5 Å². The number of fused-ring (bicyclic) bond motifs is 1. The third-order valence-electron chi connectivity index (χ3n) is 12.0. The second-order valence-electron chi connectivity index (χ2n) is 17.7. The SMILES string of the molecule is CCCC[C@H](NC(C)=O)C(=O)N[C@H]1CCC(=O)NCCCCNC(=O)[C@H](Cc2c[nH]c3ccccc23)NC(=O)[C@H](CCCN=C(N)N)NC(=O)[C@@H](Cc2ccccc2Br)NC(=O)[C@H](Cc2cnc[nH]2)NC1=O. The highest BCUT2D eigenvalue weighted by molar-refractivity contribution is 9.10. The van der Waals surface area contributed by atoms with Gasteiger partial charge in [-0.15, -0.1) is 0 Å². The number of guanidine groups is 1. The fraction of sp³-hybridized carbons (Fsp3) is 0.469. The number of aromatic nitrogens is 3. The Bertz CT molecular complexity index is 2510. The molecule has 1 fully saturated rings. The highest BCUT2D eigenvalue weighted by Crippen LogP contribution is 2.21. The number of aliphatic imine (C=N–C) groups is 1. The van der Waals surface area contributed by atoms with E-state index >= 15 is 0 Å². The molecule has 6 atom stereocenters. The summed E-state index contributed by atoms with van der Waals surface area (Å²) in [5.74, 6) is -5.25. The van der Waals surface area contributed by atoms with E-state index in [1.54, 1.807) is 30.5 Å². The third-order valence-corrected chi connectivity index (χ3v) is 12.8. The summed E-state index contributed by atoms with van der Waals surface area (Å²) < 4.78 is 0.625. The first kappa shape index (κ1) is 55.6. The molecule has 4 aromatic rings. The zero-order valence-corrected chi connectivity index (χ0v) is 42.2. The van der Waals surface area contributed by atoms with Gasteiger partial charge < -0.3 is 64.0 Å². The molecule has 0 aliphatic carbocycles. The summed E-state index contributed by atoms with van der Waals surface area (Å²) in [4.78, 5) is 126. The maximum atomic E-state index is 14.7. The number of carbonyl (C=O) groups is 8. The minimum atomic E-state index is -1.39. The molecule has 1 aliphatic heterocycles. The van der Waals surface area contributed by atoms with Crippen LogP contribution in [0.1, 0.15) is 88.5 Å². The van der Waals surface area contributed by atoms with Gasteiger partial charge in [0.1, 0.15) is 36.3 Å². The molecular formula is C49H67BrN14O8. The predicted molar refractivity (Wildman–Crippen MR) is 273 cm³/mol. The van der Waals surface area contributed by atoms with Crippen molar-refractivity contribution in [1.29, 1.82) is 0 Å². The Balaban J connectivity index is 1.52. The number of aromatic amines is 2. The van der Waals surface area contributed by atoms with Crippen LogP contribution in [0.25, 0.3) is 10.9 Å². The lowest BCUT2D eigenvalue weighted by molar-refractivity contribution is -0.135. The van der Waals surface area contributed by atoms with E-state index in [9.17, 15) is 38.4 Å². The number of H-pyrrole nitrogens is 2. The number of para-hydroxylation sites is 1. The number of carbonyl (C=O) groups excluding carboxylic acids is 8. The van der Waals surface area contributed by atoms with Crippen molar-refractivity contribution in [3.8, 4) is 0 Å². The highest BCUT2D eigenvalue weighted by Gasteiger charge is 2.34. The van der Waals surface area contributed by atoms with Crippen LogP contribution in [0.5, 0.6) is 0 Å². The summed E-state index contributed by atoms with van der Waals surface area (Å²) in [5, 5.41) is 23.2. The van der Waals surface area contributed by atoms with Crippen molar-refractivity contribution < 1.29 is 38.4 Å². The lowest BCUT2D eigenvalue weighted by Crippen LogP contribution is -2.60. The first-order chi connectivity index (χ1) is 34.6.